The highest BCUT2D eigenvalue weighted by Gasteiger charge is 2.84. The molecule has 26 heavy (non-hydrogen) atoms. The van der Waals surface area contributed by atoms with E-state index in [2.05, 4.69) is 6.92 Å². The summed E-state index contributed by atoms with van der Waals surface area (Å²) in [5.74, 6) is 0.0428. The average molecular weight is 384 g/mol. The fourth-order valence-corrected chi connectivity index (χ4v) is 6.33. The SMILES string of the molecule is CC.CC1C2N(c3c(F)cc(N4CC(CO)OC4=O)cc3F)C3CSC132. The second-order valence-corrected chi connectivity index (χ2v) is 8.21. The third-order valence-electron chi connectivity index (χ3n) is 5.84. The first-order chi connectivity index (χ1) is 12.5. The van der Waals surface area contributed by atoms with Crippen LogP contribution in [0.5, 0.6) is 0 Å². The van der Waals surface area contributed by atoms with E-state index in [4.69, 9.17) is 9.84 Å². The van der Waals surface area contributed by atoms with Crippen LogP contribution in [0, 0.1) is 17.6 Å². The van der Waals surface area contributed by atoms with Gasteiger partial charge in [0.25, 0.3) is 0 Å². The van der Waals surface area contributed by atoms with Gasteiger partial charge in [-0.25, -0.2) is 13.6 Å². The Morgan fingerprint density at radius 1 is 1.35 bits per heavy atom. The summed E-state index contributed by atoms with van der Waals surface area (Å²) in [7, 11) is 0. The van der Waals surface area contributed by atoms with Gasteiger partial charge in [-0.15, -0.1) is 11.8 Å². The molecular weight excluding hydrogens is 362 g/mol. The minimum absolute atomic E-state index is 0.0142. The van der Waals surface area contributed by atoms with E-state index in [0.717, 1.165) is 10.7 Å². The van der Waals surface area contributed by atoms with Crippen molar-refractivity contribution in [1.29, 1.82) is 0 Å². The smallest absolute Gasteiger partial charge is 0.414 e. The van der Waals surface area contributed by atoms with E-state index >= 15 is 0 Å². The summed E-state index contributed by atoms with van der Waals surface area (Å²) in [5.41, 5.74) is 0.133. The first-order valence-corrected chi connectivity index (χ1v) is 9.98. The molecule has 1 aromatic rings. The van der Waals surface area contributed by atoms with Gasteiger partial charge in [-0.1, -0.05) is 20.8 Å². The van der Waals surface area contributed by atoms with E-state index in [0.29, 0.717) is 5.92 Å². The molecule has 5 atom stereocenters. The lowest BCUT2D eigenvalue weighted by Crippen LogP contribution is -2.67. The number of aliphatic hydroxyl groups is 1. The number of nitrogens with zero attached hydrogens (tertiary/aromatic N) is 2. The molecular formula is C18H22F2N2O3S. The van der Waals surface area contributed by atoms with Gasteiger partial charge in [0.1, 0.15) is 11.8 Å². The van der Waals surface area contributed by atoms with E-state index in [1.165, 1.54) is 12.1 Å². The van der Waals surface area contributed by atoms with E-state index in [1.807, 2.05) is 30.5 Å². The summed E-state index contributed by atoms with van der Waals surface area (Å²) < 4.78 is 34.5. The van der Waals surface area contributed by atoms with Crippen molar-refractivity contribution < 1.29 is 23.4 Å². The van der Waals surface area contributed by atoms with Gasteiger partial charge >= 0.3 is 6.09 Å². The van der Waals surface area contributed by atoms with Gasteiger partial charge in [0.05, 0.1) is 35.7 Å². The number of amides is 1. The van der Waals surface area contributed by atoms with Crippen LogP contribution in [-0.2, 0) is 4.74 Å². The highest BCUT2D eigenvalue weighted by Crippen LogP contribution is 2.75. The second-order valence-electron chi connectivity index (χ2n) is 6.88. The van der Waals surface area contributed by atoms with Crippen molar-refractivity contribution in [3.05, 3.63) is 23.8 Å². The van der Waals surface area contributed by atoms with Gasteiger partial charge in [-0.05, 0) is 5.92 Å². The predicted octanol–water partition coefficient (Wildman–Crippen LogP) is 3.00. The number of thioether (sulfide) groups is 1. The van der Waals surface area contributed by atoms with Crippen molar-refractivity contribution in [2.75, 3.05) is 28.7 Å². The summed E-state index contributed by atoms with van der Waals surface area (Å²) in [6.45, 7) is 5.89. The van der Waals surface area contributed by atoms with Crippen LogP contribution in [0.2, 0.25) is 0 Å². The molecule has 0 radical (unpaired) electrons. The molecule has 0 aromatic heterocycles. The van der Waals surface area contributed by atoms with Gasteiger partial charge in [0.2, 0.25) is 0 Å². The van der Waals surface area contributed by atoms with Gasteiger partial charge in [0, 0.05) is 17.9 Å². The number of halogens is 2. The lowest BCUT2D eigenvalue weighted by atomic mass is 10.00. The zero-order chi connectivity index (χ0) is 18.8. The first kappa shape index (κ1) is 17.9. The third-order valence-corrected chi connectivity index (χ3v) is 7.70. The van der Waals surface area contributed by atoms with Crippen LogP contribution in [-0.4, -0.2) is 53.0 Å². The van der Waals surface area contributed by atoms with Crippen LogP contribution in [0.4, 0.5) is 25.0 Å². The highest BCUT2D eigenvalue weighted by molar-refractivity contribution is 8.02. The maximum atomic E-state index is 14.7. The molecule has 1 aliphatic carbocycles. The summed E-state index contributed by atoms with van der Waals surface area (Å²) >= 11 is 1.90. The Hall–Kier alpha value is -1.54. The number of anilines is 2. The molecule has 1 aromatic carbocycles. The molecule has 3 heterocycles. The minimum atomic E-state index is -0.699. The standard InChI is InChI=1S/C16H16F2N2O3S.C2H6/c1-7-14-16(7)12(6-24-16)20(14)13-10(17)2-8(3-11(13)18)19-4-9(5-21)23-15(19)22;1-2/h2-3,7,9,12,14,21H,4-6H2,1H3;1-2H3. The van der Waals surface area contributed by atoms with Crippen LogP contribution in [0.1, 0.15) is 20.8 Å². The predicted molar refractivity (Wildman–Crippen MR) is 96.8 cm³/mol. The van der Waals surface area contributed by atoms with Crippen molar-refractivity contribution in [3.63, 3.8) is 0 Å². The Morgan fingerprint density at radius 2 is 2.00 bits per heavy atom. The highest BCUT2D eigenvalue weighted by atomic mass is 32.2. The number of aliphatic hydroxyl groups excluding tert-OH is 1. The van der Waals surface area contributed by atoms with Crippen molar-refractivity contribution in [2.45, 2.75) is 43.7 Å². The zero-order valence-electron chi connectivity index (χ0n) is 14.9. The number of benzene rings is 1. The van der Waals surface area contributed by atoms with Gasteiger partial charge in [-0.2, -0.15) is 0 Å². The quantitative estimate of drug-likeness (QED) is 0.868. The van der Waals surface area contributed by atoms with Crippen LogP contribution in [0.3, 0.4) is 0 Å². The first-order valence-electron chi connectivity index (χ1n) is 8.99. The summed E-state index contributed by atoms with van der Waals surface area (Å²) in [6, 6.07) is 2.79. The van der Waals surface area contributed by atoms with E-state index in [1.54, 1.807) is 0 Å². The fourth-order valence-electron chi connectivity index (χ4n) is 4.55. The molecule has 5 nitrogen and oxygen atoms in total. The molecule has 1 amide bonds. The maximum absolute atomic E-state index is 14.7. The lowest BCUT2D eigenvalue weighted by Gasteiger charge is -2.55. The number of rotatable bonds is 3. The monoisotopic (exact) mass is 384 g/mol. The van der Waals surface area contributed by atoms with Crippen molar-refractivity contribution in [1.82, 2.24) is 0 Å². The molecule has 3 saturated heterocycles. The molecule has 1 N–H and O–H groups in total. The van der Waals surface area contributed by atoms with Gasteiger partial charge in [-0.3, -0.25) is 4.90 Å². The summed E-state index contributed by atoms with van der Waals surface area (Å²) in [6.07, 6.45) is -1.37. The molecule has 5 unspecified atom stereocenters. The normalized spacial score (nSPS) is 36.2. The molecule has 8 heteroatoms. The Kier molecular flexibility index (Phi) is 4.11. The maximum Gasteiger partial charge on any atom is 0.414 e. The molecule has 5 rings (SSSR count). The zero-order valence-corrected chi connectivity index (χ0v) is 15.7. The van der Waals surface area contributed by atoms with Crippen molar-refractivity contribution in [2.24, 2.45) is 5.92 Å². The molecule has 1 spiro atoms. The molecule has 3 aliphatic heterocycles. The topological polar surface area (TPSA) is 53.0 Å². The van der Waals surface area contributed by atoms with Crippen molar-refractivity contribution >= 4 is 29.2 Å². The molecule has 4 aliphatic rings. The van der Waals surface area contributed by atoms with E-state index in [9.17, 15) is 13.6 Å². The molecule has 0 bridgehead atoms. The number of cyclic esters (lactones) is 1. The second kappa shape index (κ2) is 5.99. The minimum Gasteiger partial charge on any atom is -0.441 e. The summed E-state index contributed by atoms with van der Waals surface area (Å²) in [5, 5.41) is 9.07. The number of carbonyl (C=O) groups is 1. The largest absolute Gasteiger partial charge is 0.441 e. The van der Waals surface area contributed by atoms with Crippen LogP contribution in [0.15, 0.2) is 12.1 Å². The molecule has 142 valence electrons. The Morgan fingerprint density at radius 3 is 2.42 bits per heavy atom. The lowest BCUT2D eigenvalue weighted by molar-refractivity contribution is 0.0963. The van der Waals surface area contributed by atoms with E-state index < -0.39 is 23.8 Å². The van der Waals surface area contributed by atoms with Gasteiger partial charge in [0.15, 0.2) is 11.6 Å². The number of ether oxygens (including phenoxy) is 1. The van der Waals surface area contributed by atoms with Gasteiger partial charge < -0.3 is 14.7 Å². The third kappa shape index (κ3) is 2.08. The van der Waals surface area contributed by atoms with Crippen LogP contribution in [0.25, 0.3) is 0 Å². The Labute approximate surface area is 155 Å². The fraction of sp³-hybridized carbons (Fsp3) is 0.611. The molecule has 1 saturated carbocycles. The number of hydrogen-bond acceptors (Lipinski definition) is 5. The van der Waals surface area contributed by atoms with Crippen LogP contribution >= 0.6 is 11.8 Å². The molecule has 4 fully saturated rings. The summed E-state index contributed by atoms with van der Waals surface area (Å²) in [4.78, 5) is 14.8. The Balaban J connectivity index is 0.000000814. The average Bonchev–Trinajstić information content (AvgIpc) is 3.02. The van der Waals surface area contributed by atoms with Crippen molar-refractivity contribution in [3.8, 4) is 0 Å². The number of carbonyl (C=O) groups excluding carboxylic acids is 1. The number of hydrogen-bond donors (Lipinski definition) is 1. The Bertz CT molecular complexity index is 733. The van der Waals surface area contributed by atoms with E-state index in [-0.39, 0.29) is 41.4 Å². The van der Waals surface area contributed by atoms with Crippen LogP contribution < -0.4 is 9.80 Å².